The Balaban J connectivity index is 0.00000484. The standard InChI is InChI=1S/C18H30N2O2.ClH/c1-13(2)10-11-22-15-9-7-6-8-14(15)12-20-17(21)16(19)18(3,4)5;/h6-9,13,16H,10-12,19H2,1-5H3,(H,20,21);1H/t16-;/m1./s1. The van der Waals surface area contributed by atoms with Gasteiger partial charge in [-0.1, -0.05) is 52.8 Å². The van der Waals surface area contributed by atoms with Gasteiger partial charge in [-0.05, 0) is 23.8 Å². The summed E-state index contributed by atoms with van der Waals surface area (Å²) in [6.45, 7) is 11.3. The van der Waals surface area contributed by atoms with E-state index in [1.165, 1.54) is 0 Å². The molecule has 3 N–H and O–H groups in total. The van der Waals surface area contributed by atoms with Crippen LogP contribution in [0.25, 0.3) is 0 Å². The van der Waals surface area contributed by atoms with Crippen molar-refractivity contribution in [3.05, 3.63) is 29.8 Å². The fourth-order valence-electron chi connectivity index (χ4n) is 1.88. The Hall–Kier alpha value is -1.26. The molecule has 0 bridgehead atoms. The largest absolute Gasteiger partial charge is 0.493 e. The van der Waals surface area contributed by atoms with Crippen LogP contribution in [0.2, 0.25) is 0 Å². The van der Waals surface area contributed by atoms with Crippen molar-refractivity contribution in [1.29, 1.82) is 0 Å². The predicted octanol–water partition coefficient (Wildman–Crippen LogP) is 3.52. The number of para-hydroxylation sites is 1. The van der Waals surface area contributed by atoms with Gasteiger partial charge in [-0.25, -0.2) is 0 Å². The van der Waals surface area contributed by atoms with E-state index in [-0.39, 0.29) is 23.7 Å². The van der Waals surface area contributed by atoms with Crippen LogP contribution in [0.4, 0.5) is 0 Å². The molecule has 1 aromatic carbocycles. The second kappa shape index (κ2) is 9.78. The zero-order chi connectivity index (χ0) is 16.8. The van der Waals surface area contributed by atoms with E-state index >= 15 is 0 Å². The highest BCUT2D eigenvalue weighted by Gasteiger charge is 2.27. The maximum Gasteiger partial charge on any atom is 0.237 e. The molecule has 23 heavy (non-hydrogen) atoms. The fraction of sp³-hybridized carbons (Fsp3) is 0.611. The lowest BCUT2D eigenvalue weighted by Crippen LogP contribution is -2.48. The van der Waals surface area contributed by atoms with Crippen molar-refractivity contribution in [2.24, 2.45) is 17.1 Å². The van der Waals surface area contributed by atoms with Crippen molar-refractivity contribution in [2.45, 2.75) is 53.6 Å². The van der Waals surface area contributed by atoms with Crippen molar-refractivity contribution in [3.8, 4) is 5.75 Å². The van der Waals surface area contributed by atoms with Crippen molar-refractivity contribution in [3.63, 3.8) is 0 Å². The van der Waals surface area contributed by atoms with Crippen molar-refractivity contribution < 1.29 is 9.53 Å². The summed E-state index contributed by atoms with van der Waals surface area (Å²) in [5, 5.41) is 2.90. The molecule has 0 fully saturated rings. The number of amides is 1. The smallest absolute Gasteiger partial charge is 0.237 e. The van der Waals surface area contributed by atoms with Gasteiger partial charge in [0.25, 0.3) is 0 Å². The molecule has 0 unspecified atom stereocenters. The third-order valence-corrected chi connectivity index (χ3v) is 3.59. The second-order valence-electron chi connectivity index (χ2n) is 7.20. The zero-order valence-corrected chi connectivity index (χ0v) is 15.7. The van der Waals surface area contributed by atoms with E-state index in [9.17, 15) is 4.79 Å². The number of halogens is 1. The molecule has 0 aliphatic rings. The van der Waals surface area contributed by atoms with Crippen LogP contribution in [0.5, 0.6) is 5.75 Å². The number of rotatable bonds is 7. The minimum atomic E-state index is -0.526. The van der Waals surface area contributed by atoms with Crippen LogP contribution >= 0.6 is 12.4 Å². The minimum absolute atomic E-state index is 0. The van der Waals surface area contributed by atoms with Gasteiger partial charge in [-0.2, -0.15) is 0 Å². The summed E-state index contributed by atoms with van der Waals surface area (Å²) in [4.78, 5) is 12.1. The maximum absolute atomic E-state index is 12.1. The summed E-state index contributed by atoms with van der Waals surface area (Å²) < 4.78 is 5.83. The number of ether oxygens (including phenoxy) is 1. The molecule has 0 heterocycles. The summed E-state index contributed by atoms with van der Waals surface area (Å²) in [5.41, 5.74) is 6.69. The molecule has 1 rings (SSSR count). The lowest BCUT2D eigenvalue weighted by atomic mass is 9.87. The summed E-state index contributed by atoms with van der Waals surface area (Å²) in [5.74, 6) is 1.30. The molecule has 1 atom stereocenters. The molecule has 0 aliphatic heterocycles. The first-order valence-corrected chi connectivity index (χ1v) is 7.96. The quantitative estimate of drug-likeness (QED) is 0.796. The fourth-order valence-corrected chi connectivity index (χ4v) is 1.88. The lowest BCUT2D eigenvalue weighted by molar-refractivity contribution is -0.124. The average molecular weight is 343 g/mol. The first-order valence-electron chi connectivity index (χ1n) is 7.96. The van der Waals surface area contributed by atoms with Crippen LogP contribution in [0.1, 0.15) is 46.6 Å². The van der Waals surface area contributed by atoms with E-state index in [2.05, 4.69) is 19.2 Å². The van der Waals surface area contributed by atoms with Gasteiger partial charge >= 0.3 is 0 Å². The van der Waals surface area contributed by atoms with Crippen LogP contribution in [0.3, 0.4) is 0 Å². The highest BCUT2D eigenvalue weighted by Crippen LogP contribution is 2.20. The molecule has 0 aromatic heterocycles. The number of hydrogen-bond donors (Lipinski definition) is 2. The predicted molar refractivity (Wildman–Crippen MR) is 97.9 cm³/mol. The topological polar surface area (TPSA) is 64.3 Å². The molecule has 0 radical (unpaired) electrons. The molecule has 0 aliphatic carbocycles. The first kappa shape index (κ1) is 21.7. The normalized spacial score (nSPS) is 12.5. The highest BCUT2D eigenvalue weighted by molar-refractivity contribution is 5.85. The number of benzene rings is 1. The number of carbonyl (C=O) groups is 1. The van der Waals surface area contributed by atoms with Gasteiger partial charge in [0.15, 0.2) is 0 Å². The molecular formula is C18H31ClN2O2. The lowest BCUT2D eigenvalue weighted by Gasteiger charge is -2.26. The van der Waals surface area contributed by atoms with Gasteiger partial charge in [0.05, 0.1) is 12.6 Å². The Morgan fingerprint density at radius 2 is 1.87 bits per heavy atom. The molecule has 4 nitrogen and oxygen atoms in total. The maximum atomic E-state index is 12.1. The van der Waals surface area contributed by atoms with E-state index in [0.29, 0.717) is 19.1 Å². The summed E-state index contributed by atoms with van der Waals surface area (Å²) in [6, 6.07) is 7.26. The second-order valence-corrected chi connectivity index (χ2v) is 7.20. The molecule has 0 saturated heterocycles. The van der Waals surface area contributed by atoms with Crippen molar-refractivity contribution in [2.75, 3.05) is 6.61 Å². The third kappa shape index (κ3) is 7.71. The van der Waals surface area contributed by atoms with Gasteiger partial charge in [-0.3, -0.25) is 4.79 Å². The van der Waals surface area contributed by atoms with Crippen LogP contribution in [-0.4, -0.2) is 18.6 Å². The molecular weight excluding hydrogens is 312 g/mol. The SMILES string of the molecule is CC(C)CCOc1ccccc1CNC(=O)[C@@H](N)C(C)(C)C.Cl. The Kier molecular flexibility index (Phi) is 9.25. The third-order valence-electron chi connectivity index (χ3n) is 3.59. The van der Waals surface area contributed by atoms with Gasteiger partial charge in [0, 0.05) is 12.1 Å². The Morgan fingerprint density at radius 3 is 2.43 bits per heavy atom. The summed E-state index contributed by atoms with van der Waals surface area (Å²) >= 11 is 0. The van der Waals surface area contributed by atoms with E-state index < -0.39 is 6.04 Å². The molecule has 5 heteroatoms. The van der Waals surface area contributed by atoms with Crippen LogP contribution in [0, 0.1) is 11.3 Å². The summed E-state index contributed by atoms with van der Waals surface area (Å²) in [6.07, 6.45) is 1.01. The molecule has 1 aromatic rings. The Morgan fingerprint density at radius 1 is 1.26 bits per heavy atom. The number of hydrogen-bond acceptors (Lipinski definition) is 3. The number of nitrogens with two attached hydrogens (primary N) is 1. The average Bonchev–Trinajstić information content (AvgIpc) is 2.43. The Bertz CT molecular complexity index is 484. The highest BCUT2D eigenvalue weighted by atomic mass is 35.5. The van der Waals surface area contributed by atoms with Gasteiger partial charge < -0.3 is 15.8 Å². The van der Waals surface area contributed by atoms with Crippen molar-refractivity contribution >= 4 is 18.3 Å². The molecule has 1 amide bonds. The van der Waals surface area contributed by atoms with Gasteiger partial charge in [0.1, 0.15) is 5.75 Å². The molecule has 132 valence electrons. The zero-order valence-electron chi connectivity index (χ0n) is 14.9. The van der Waals surface area contributed by atoms with Crippen LogP contribution in [0.15, 0.2) is 24.3 Å². The summed E-state index contributed by atoms with van der Waals surface area (Å²) in [7, 11) is 0. The van der Waals surface area contributed by atoms with E-state index in [1.807, 2.05) is 45.0 Å². The van der Waals surface area contributed by atoms with Gasteiger partial charge in [0.2, 0.25) is 5.91 Å². The Labute approximate surface area is 146 Å². The monoisotopic (exact) mass is 342 g/mol. The number of nitrogens with one attached hydrogen (secondary N) is 1. The van der Waals surface area contributed by atoms with Crippen molar-refractivity contribution in [1.82, 2.24) is 5.32 Å². The van der Waals surface area contributed by atoms with Crippen LogP contribution in [-0.2, 0) is 11.3 Å². The van der Waals surface area contributed by atoms with Gasteiger partial charge in [-0.15, -0.1) is 12.4 Å². The van der Waals surface area contributed by atoms with E-state index in [0.717, 1.165) is 17.7 Å². The van der Waals surface area contributed by atoms with E-state index in [1.54, 1.807) is 0 Å². The van der Waals surface area contributed by atoms with Crippen LogP contribution < -0.4 is 15.8 Å². The molecule has 0 spiro atoms. The first-order chi connectivity index (χ1) is 10.2. The minimum Gasteiger partial charge on any atom is -0.493 e. The van der Waals surface area contributed by atoms with E-state index in [4.69, 9.17) is 10.5 Å². The number of carbonyl (C=O) groups excluding carboxylic acids is 1. The molecule has 0 saturated carbocycles.